The summed E-state index contributed by atoms with van der Waals surface area (Å²) in [5.41, 5.74) is 3.01. The molecule has 0 radical (unpaired) electrons. The predicted molar refractivity (Wildman–Crippen MR) is 144 cm³/mol. The summed E-state index contributed by atoms with van der Waals surface area (Å²) in [4.78, 5) is 16.6. The van der Waals surface area contributed by atoms with Crippen molar-refractivity contribution in [3.63, 3.8) is 0 Å². The molecular formula is C29H36N2O6. The first-order valence-corrected chi connectivity index (χ1v) is 12.1. The highest BCUT2D eigenvalue weighted by Crippen LogP contribution is 2.19. The van der Waals surface area contributed by atoms with Crippen LogP contribution in [0.25, 0.3) is 0 Å². The molecule has 1 amide bonds. The van der Waals surface area contributed by atoms with Crippen molar-refractivity contribution in [2.75, 3.05) is 59.6 Å². The van der Waals surface area contributed by atoms with Crippen LogP contribution in [0.4, 0.5) is 10.5 Å². The predicted octanol–water partition coefficient (Wildman–Crippen LogP) is 5.00. The van der Waals surface area contributed by atoms with Crippen molar-refractivity contribution in [2.24, 2.45) is 0 Å². The molecule has 0 N–H and O–H groups in total. The van der Waals surface area contributed by atoms with E-state index in [0.29, 0.717) is 26.3 Å². The van der Waals surface area contributed by atoms with Gasteiger partial charge in [-0.25, -0.2) is 4.79 Å². The normalized spacial score (nSPS) is 10.5. The van der Waals surface area contributed by atoms with Crippen LogP contribution in [0.15, 0.2) is 72.8 Å². The molecule has 3 rings (SSSR count). The molecule has 0 saturated carbocycles. The summed E-state index contributed by atoms with van der Waals surface area (Å²) in [6.07, 6.45) is -0.410. The van der Waals surface area contributed by atoms with E-state index in [9.17, 15) is 4.79 Å². The van der Waals surface area contributed by atoms with Gasteiger partial charge in [-0.05, 0) is 47.5 Å². The summed E-state index contributed by atoms with van der Waals surface area (Å²) < 4.78 is 27.3. The van der Waals surface area contributed by atoms with Gasteiger partial charge in [0.25, 0.3) is 0 Å². The smallest absolute Gasteiger partial charge is 0.410 e. The zero-order chi connectivity index (χ0) is 26.5. The molecule has 8 heteroatoms. The average molecular weight is 509 g/mol. The molecule has 0 aliphatic rings. The minimum atomic E-state index is -0.410. The highest BCUT2D eigenvalue weighted by atomic mass is 16.6. The Labute approximate surface area is 219 Å². The first-order chi connectivity index (χ1) is 18.0. The fraction of sp³-hybridized carbons (Fsp3) is 0.345. The van der Waals surface area contributed by atoms with Gasteiger partial charge in [-0.3, -0.25) is 4.90 Å². The van der Waals surface area contributed by atoms with Crippen molar-refractivity contribution in [3.05, 3.63) is 83.9 Å². The number of carbonyl (C=O) groups excluding carboxylic acids is 1. The summed E-state index contributed by atoms with van der Waals surface area (Å²) >= 11 is 0. The third kappa shape index (κ3) is 9.24. The number of methoxy groups -OCH3 is 2. The number of anilines is 1. The van der Waals surface area contributed by atoms with E-state index < -0.39 is 6.09 Å². The lowest BCUT2D eigenvalue weighted by Gasteiger charge is -2.23. The Morgan fingerprint density at radius 3 is 1.81 bits per heavy atom. The third-order valence-electron chi connectivity index (χ3n) is 5.61. The van der Waals surface area contributed by atoms with Crippen LogP contribution in [0.3, 0.4) is 0 Å². The number of benzene rings is 3. The lowest BCUT2D eigenvalue weighted by atomic mass is 10.1. The standard InChI is InChI=1S/C29H36N2O6/c1-30(2)25-6-5-7-28(20-25)36-18-16-35-17-19-37-29(32)31(21-23-8-12-26(33-3)13-9-23)22-24-10-14-27(34-4)15-11-24/h5-15,20H,16-19,21-22H2,1-4H3. The molecule has 0 spiro atoms. The van der Waals surface area contributed by atoms with E-state index in [2.05, 4.69) is 0 Å². The summed E-state index contributed by atoms with van der Waals surface area (Å²) in [7, 11) is 7.22. The van der Waals surface area contributed by atoms with Crippen LogP contribution >= 0.6 is 0 Å². The summed E-state index contributed by atoms with van der Waals surface area (Å²) in [6.45, 7) is 2.03. The maximum absolute atomic E-state index is 12.9. The Kier molecular flexibility index (Phi) is 10.9. The topological polar surface area (TPSA) is 69.7 Å². The molecule has 0 aliphatic heterocycles. The third-order valence-corrected chi connectivity index (χ3v) is 5.61. The SMILES string of the molecule is COc1ccc(CN(Cc2ccc(OC)cc2)C(=O)OCCOCCOc2cccc(N(C)C)c2)cc1. The van der Waals surface area contributed by atoms with Crippen LogP contribution in [0, 0.1) is 0 Å². The maximum atomic E-state index is 12.9. The van der Waals surface area contributed by atoms with Crippen molar-refractivity contribution >= 4 is 11.8 Å². The van der Waals surface area contributed by atoms with Gasteiger partial charge in [-0.2, -0.15) is 0 Å². The number of nitrogens with zero attached hydrogens (tertiary/aromatic N) is 2. The Bertz CT molecular complexity index is 1040. The van der Waals surface area contributed by atoms with E-state index in [0.717, 1.165) is 34.1 Å². The van der Waals surface area contributed by atoms with Crippen molar-refractivity contribution < 1.29 is 28.5 Å². The van der Waals surface area contributed by atoms with Gasteiger partial charge in [-0.15, -0.1) is 0 Å². The van der Waals surface area contributed by atoms with Crippen LogP contribution < -0.4 is 19.1 Å². The van der Waals surface area contributed by atoms with E-state index >= 15 is 0 Å². The first-order valence-electron chi connectivity index (χ1n) is 12.1. The number of ether oxygens (including phenoxy) is 5. The van der Waals surface area contributed by atoms with Gasteiger partial charge in [0.05, 0.1) is 27.4 Å². The second-order valence-electron chi connectivity index (χ2n) is 8.52. The Morgan fingerprint density at radius 1 is 0.703 bits per heavy atom. The largest absolute Gasteiger partial charge is 0.497 e. The van der Waals surface area contributed by atoms with Crippen molar-refractivity contribution in [1.29, 1.82) is 0 Å². The number of amides is 1. The second kappa shape index (κ2) is 14.6. The molecule has 3 aromatic rings. The minimum Gasteiger partial charge on any atom is -0.497 e. The Morgan fingerprint density at radius 2 is 1.27 bits per heavy atom. The molecule has 0 fully saturated rings. The maximum Gasteiger partial charge on any atom is 0.410 e. The molecule has 0 aromatic heterocycles. The molecule has 0 bridgehead atoms. The fourth-order valence-electron chi connectivity index (χ4n) is 3.54. The van der Waals surface area contributed by atoms with Crippen LogP contribution in [0.2, 0.25) is 0 Å². The zero-order valence-electron chi connectivity index (χ0n) is 22.0. The van der Waals surface area contributed by atoms with Crippen LogP contribution in [-0.4, -0.2) is 65.7 Å². The van der Waals surface area contributed by atoms with Crippen molar-refractivity contribution in [2.45, 2.75) is 13.1 Å². The first kappa shape index (κ1) is 27.7. The van der Waals surface area contributed by atoms with E-state index in [1.54, 1.807) is 19.1 Å². The van der Waals surface area contributed by atoms with Gasteiger partial charge in [0, 0.05) is 38.9 Å². The minimum absolute atomic E-state index is 0.149. The van der Waals surface area contributed by atoms with Gasteiger partial charge in [-0.1, -0.05) is 30.3 Å². The summed E-state index contributed by atoms with van der Waals surface area (Å²) in [6, 6.07) is 23.1. The molecule has 0 saturated heterocycles. The van der Waals surface area contributed by atoms with E-state index in [1.807, 2.05) is 91.8 Å². The van der Waals surface area contributed by atoms with Crippen LogP contribution in [0.1, 0.15) is 11.1 Å². The lowest BCUT2D eigenvalue weighted by molar-refractivity contribution is 0.0427. The zero-order valence-corrected chi connectivity index (χ0v) is 22.0. The molecule has 8 nitrogen and oxygen atoms in total. The molecule has 0 unspecified atom stereocenters. The van der Waals surface area contributed by atoms with Gasteiger partial charge in [0.1, 0.15) is 30.5 Å². The van der Waals surface area contributed by atoms with E-state index in [1.165, 1.54) is 0 Å². The van der Waals surface area contributed by atoms with Gasteiger partial charge < -0.3 is 28.6 Å². The molecular weight excluding hydrogens is 472 g/mol. The average Bonchev–Trinajstić information content (AvgIpc) is 2.93. The van der Waals surface area contributed by atoms with Gasteiger partial charge in [0.2, 0.25) is 0 Å². The summed E-state index contributed by atoms with van der Waals surface area (Å²) in [5.74, 6) is 2.31. The number of rotatable bonds is 14. The quantitative estimate of drug-likeness (QED) is 0.284. The number of hydrogen-bond acceptors (Lipinski definition) is 7. The molecule has 0 atom stereocenters. The van der Waals surface area contributed by atoms with Crippen LogP contribution in [-0.2, 0) is 22.6 Å². The molecule has 198 valence electrons. The Hall–Kier alpha value is -3.91. The van der Waals surface area contributed by atoms with Crippen molar-refractivity contribution in [3.8, 4) is 17.2 Å². The number of hydrogen-bond donors (Lipinski definition) is 0. The Balaban J connectivity index is 1.46. The van der Waals surface area contributed by atoms with E-state index in [-0.39, 0.29) is 13.2 Å². The molecule has 3 aromatic carbocycles. The van der Waals surface area contributed by atoms with Gasteiger partial charge in [0.15, 0.2) is 0 Å². The fourth-order valence-corrected chi connectivity index (χ4v) is 3.54. The summed E-state index contributed by atoms with van der Waals surface area (Å²) in [5, 5.41) is 0. The second-order valence-corrected chi connectivity index (χ2v) is 8.52. The highest BCUT2D eigenvalue weighted by molar-refractivity contribution is 5.67. The van der Waals surface area contributed by atoms with E-state index in [4.69, 9.17) is 23.7 Å². The molecule has 37 heavy (non-hydrogen) atoms. The monoisotopic (exact) mass is 508 g/mol. The van der Waals surface area contributed by atoms with Crippen LogP contribution in [0.5, 0.6) is 17.2 Å². The lowest BCUT2D eigenvalue weighted by Crippen LogP contribution is -2.31. The molecule has 0 heterocycles. The van der Waals surface area contributed by atoms with Crippen molar-refractivity contribution in [1.82, 2.24) is 4.90 Å². The molecule has 0 aliphatic carbocycles. The highest BCUT2D eigenvalue weighted by Gasteiger charge is 2.16. The number of carbonyl (C=O) groups is 1. The van der Waals surface area contributed by atoms with Gasteiger partial charge >= 0.3 is 6.09 Å².